The Bertz CT molecular complexity index is 166. The van der Waals surface area contributed by atoms with Crippen LogP contribution < -0.4 is 0 Å². The number of rotatable bonds is 6. The minimum atomic E-state index is -0.302. The summed E-state index contributed by atoms with van der Waals surface area (Å²) in [7, 11) is 0. The monoisotopic (exact) mass is 219 g/mol. The van der Waals surface area contributed by atoms with E-state index in [0.717, 1.165) is 12.2 Å². The highest BCUT2D eigenvalue weighted by Crippen LogP contribution is 2.12. The molecule has 0 aliphatic rings. The molecule has 1 amide bonds. The molecule has 0 fully saturated rings. The fourth-order valence-electron chi connectivity index (χ4n) is 0.850. The van der Waals surface area contributed by atoms with E-state index in [4.69, 9.17) is 4.84 Å². The minimum Gasteiger partial charge on any atom is -0.276 e. The van der Waals surface area contributed by atoms with Gasteiger partial charge in [-0.25, -0.2) is 5.06 Å². The van der Waals surface area contributed by atoms with E-state index in [-0.39, 0.29) is 5.60 Å². The van der Waals surface area contributed by atoms with Gasteiger partial charge < -0.3 is 0 Å². The summed E-state index contributed by atoms with van der Waals surface area (Å²) in [5.41, 5.74) is -0.302. The molecule has 0 atom stereocenters. The third-order valence-electron chi connectivity index (χ3n) is 1.27. The fourth-order valence-corrected chi connectivity index (χ4v) is 1.61. The Morgan fingerprint density at radius 3 is 2.36 bits per heavy atom. The summed E-state index contributed by atoms with van der Waals surface area (Å²) < 4.78 is 0. The van der Waals surface area contributed by atoms with Gasteiger partial charge in [0.1, 0.15) is 0 Å². The first-order valence-electron chi connectivity index (χ1n) is 4.88. The lowest BCUT2D eigenvalue weighted by Gasteiger charge is -2.26. The van der Waals surface area contributed by atoms with Crippen molar-refractivity contribution in [2.24, 2.45) is 0 Å². The molecule has 4 heteroatoms. The van der Waals surface area contributed by atoms with Gasteiger partial charge in [0.05, 0.1) is 12.1 Å². The van der Waals surface area contributed by atoms with Crippen molar-refractivity contribution in [2.45, 2.75) is 45.5 Å². The van der Waals surface area contributed by atoms with Crippen molar-refractivity contribution in [1.82, 2.24) is 5.06 Å². The second-order valence-electron chi connectivity index (χ2n) is 4.37. The first kappa shape index (κ1) is 13.8. The Labute approximate surface area is 91.1 Å². The van der Waals surface area contributed by atoms with Crippen molar-refractivity contribution < 1.29 is 9.63 Å². The molecule has 0 radical (unpaired) electrons. The van der Waals surface area contributed by atoms with E-state index in [2.05, 4.69) is 13.8 Å². The topological polar surface area (TPSA) is 29.5 Å². The Morgan fingerprint density at radius 1 is 1.43 bits per heavy atom. The highest BCUT2D eigenvalue weighted by Gasteiger charge is 2.15. The molecule has 0 heterocycles. The van der Waals surface area contributed by atoms with Crippen LogP contribution >= 0.6 is 11.8 Å². The van der Waals surface area contributed by atoms with Crippen LogP contribution in [0, 0.1) is 0 Å². The van der Waals surface area contributed by atoms with Crippen LogP contribution in [0.5, 0.6) is 0 Å². The number of amides is 1. The molecule has 0 aliphatic carbocycles. The van der Waals surface area contributed by atoms with Crippen LogP contribution in [-0.4, -0.2) is 34.6 Å². The summed E-state index contributed by atoms with van der Waals surface area (Å²) in [5.74, 6) is 0.909. The lowest BCUT2D eigenvalue weighted by Crippen LogP contribution is -2.34. The Kier molecular flexibility index (Phi) is 6.20. The number of carbonyl (C=O) groups is 1. The normalized spacial score (nSPS) is 11.9. The zero-order valence-corrected chi connectivity index (χ0v) is 10.6. The molecule has 0 saturated carbocycles. The lowest BCUT2D eigenvalue weighted by molar-refractivity contribution is -0.213. The third-order valence-corrected chi connectivity index (χ3v) is 2.36. The van der Waals surface area contributed by atoms with Crippen molar-refractivity contribution in [3.63, 3.8) is 0 Å². The van der Waals surface area contributed by atoms with E-state index < -0.39 is 0 Å². The zero-order chi connectivity index (χ0) is 11.2. The van der Waals surface area contributed by atoms with Gasteiger partial charge in [0, 0.05) is 5.75 Å². The average Bonchev–Trinajstić information content (AvgIpc) is 1.99. The van der Waals surface area contributed by atoms with E-state index in [1.807, 2.05) is 32.5 Å². The smallest absolute Gasteiger partial charge is 0.233 e. The van der Waals surface area contributed by atoms with Crippen LogP contribution in [0.25, 0.3) is 0 Å². The third kappa shape index (κ3) is 8.38. The standard InChI is InChI=1S/C10H21NO2S/c1-9(2)14-7-6-11(8-12)13-10(3,4)5/h8-9H,6-7H2,1-5H3. The molecule has 0 unspecified atom stereocenters. The van der Waals surface area contributed by atoms with Gasteiger partial charge in [0.15, 0.2) is 0 Å². The van der Waals surface area contributed by atoms with Gasteiger partial charge in [-0.05, 0) is 26.0 Å². The van der Waals surface area contributed by atoms with E-state index in [9.17, 15) is 4.79 Å². The van der Waals surface area contributed by atoms with Crippen LogP contribution in [0.1, 0.15) is 34.6 Å². The van der Waals surface area contributed by atoms with Gasteiger partial charge in [0.2, 0.25) is 6.41 Å². The second kappa shape index (κ2) is 6.30. The Balaban J connectivity index is 3.75. The summed E-state index contributed by atoms with van der Waals surface area (Å²) in [5, 5.41) is 1.97. The first-order valence-corrected chi connectivity index (χ1v) is 5.92. The summed E-state index contributed by atoms with van der Waals surface area (Å²) >= 11 is 1.82. The van der Waals surface area contributed by atoms with E-state index in [1.54, 1.807) is 0 Å². The van der Waals surface area contributed by atoms with Crippen molar-refractivity contribution in [3.05, 3.63) is 0 Å². The van der Waals surface area contributed by atoms with Gasteiger partial charge in [-0.3, -0.25) is 9.63 Å². The van der Waals surface area contributed by atoms with Gasteiger partial charge in [-0.15, -0.1) is 0 Å². The van der Waals surface area contributed by atoms with Gasteiger partial charge in [0.25, 0.3) is 0 Å². The summed E-state index contributed by atoms with van der Waals surface area (Å²) in [4.78, 5) is 16.1. The molecule has 0 aliphatic heterocycles. The molecule has 0 aromatic rings. The van der Waals surface area contributed by atoms with Crippen molar-refractivity contribution in [3.8, 4) is 0 Å². The summed E-state index contributed by atoms with van der Waals surface area (Å²) in [6.07, 6.45) is 0.742. The SMILES string of the molecule is CC(C)SCCN(C=O)OC(C)(C)C. The first-order chi connectivity index (χ1) is 6.35. The number of carbonyl (C=O) groups excluding carboxylic acids is 1. The molecule has 0 saturated heterocycles. The maximum atomic E-state index is 10.7. The van der Waals surface area contributed by atoms with Crippen LogP contribution in [-0.2, 0) is 9.63 Å². The predicted molar refractivity (Wildman–Crippen MR) is 61.2 cm³/mol. The number of hydrogen-bond donors (Lipinski definition) is 0. The predicted octanol–water partition coefficient (Wildman–Crippen LogP) is 2.32. The molecule has 14 heavy (non-hydrogen) atoms. The van der Waals surface area contributed by atoms with Crippen LogP contribution in [0.4, 0.5) is 0 Å². The van der Waals surface area contributed by atoms with E-state index in [1.165, 1.54) is 5.06 Å². The maximum Gasteiger partial charge on any atom is 0.233 e. The molecule has 0 aromatic heterocycles. The molecule has 84 valence electrons. The van der Waals surface area contributed by atoms with Crippen LogP contribution in [0.2, 0.25) is 0 Å². The van der Waals surface area contributed by atoms with Gasteiger partial charge >= 0.3 is 0 Å². The molecule has 0 spiro atoms. The largest absolute Gasteiger partial charge is 0.276 e. The van der Waals surface area contributed by atoms with Gasteiger partial charge in [-0.1, -0.05) is 13.8 Å². The molecule has 0 bridgehead atoms. The quantitative estimate of drug-likeness (QED) is 0.507. The van der Waals surface area contributed by atoms with Gasteiger partial charge in [-0.2, -0.15) is 11.8 Å². The highest BCUT2D eigenvalue weighted by molar-refractivity contribution is 7.99. The molecule has 0 aromatic carbocycles. The minimum absolute atomic E-state index is 0.302. The van der Waals surface area contributed by atoms with E-state index in [0.29, 0.717) is 11.8 Å². The average molecular weight is 219 g/mol. The molecule has 0 N–H and O–H groups in total. The van der Waals surface area contributed by atoms with E-state index >= 15 is 0 Å². The number of nitrogens with zero attached hydrogens (tertiary/aromatic N) is 1. The van der Waals surface area contributed by atoms with Crippen molar-refractivity contribution in [2.75, 3.05) is 12.3 Å². The number of thioether (sulfide) groups is 1. The second-order valence-corrected chi connectivity index (χ2v) is 6.05. The number of hydrogen-bond acceptors (Lipinski definition) is 3. The summed E-state index contributed by atoms with van der Waals surface area (Å²) in [6, 6.07) is 0. The lowest BCUT2D eigenvalue weighted by atomic mass is 10.2. The Hall–Kier alpha value is -0.220. The highest BCUT2D eigenvalue weighted by atomic mass is 32.2. The Morgan fingerprint density at radius 2 is 2.00 bits per heavy atom. The maximum absolute atomic E-state index is 10.7. The zero-order valence-electron chi connectivity index (χ0n) is 9.74. The fraction of sp³-hybridized carbons (Fsp3) is 0.900. The van der Waals surface area contributed by atoms with Crippen molar-refractivity contribution >= 4 is 18.2 Å². The molecular formula is C10H21NO2S. The molecular weight excluding hydrogens is 198 g/mol. The number of hydroxylamine groups is 2. The molecule has 3 nitrogen and oxygen atoms in total. The van der Waals surface area contributed by atoms with Crippen molar-refractivity contribution in [1.29, 1.82) is 0 Å². The molecule has 0 rings (SSSR count). The summed E-state index contributed by atoms with van der Waals surface area (Å²) in [6.45, 7) is 10.7. The van der Waals surface area contributed by atoms with Crippen LogP contribution in [0.15, 0.2) is 0 Å². The van der Waals surface area contributed by atoms with Crippen LogP contribution in [0.3, 0.4) is 0 Å².